The molecular weight excluding hydrogens is 264 g/mol. The molecule has 1 aromatic rings. The van der Waals surface area contributed by atoms with Crippen LogP contribution in [0.5, 0.6) is 5.75 Å². The van der Waals surface area contributed by atoms with E-state index in [0.29, 0.717) is 11.4 Å². The standard InChI is InChI=1S/C13H16N2O5/c1-19-10-5-3-9(4-6-10)15-11(7-8-14(17)18)12(20-2)13(15)16/h3-6,11-12H,7-8H2,1-2H3/t11-,12+/m1/s1. The van der Waals surface area contributed by atoms with E-state index in [9.17, 15) is 14.9 Å². The Bertz CT molecular complexity index is 502. The van der Waals surface area contributed by atoms with Crippen LogP contribution in [0.3, 0.4) is 0 Å². The molecule has 2 rings (SSSR count). The van der Waals surface area contributed by atoms with Crippen molar-refractivity contribution in [3.05, 3.63) is 34.4 Å². The van der Waals surface area contributed by atoms with Crippen LogP contribution in [0.15, 0.2) is 24.3 Å². The van der Waals surface area contributed by atoms with E-state index in [-0.39, 0.29) is 29.8 Å². The molecule has 0 bridgehead atoms. The number of rotatable bonds is 6. The van der Waals surface area contributed by atoms with E-state index in [1.807, 2.05) is 0 Å². The molecule has 0 aliphatic carbocycles. The fraction of sp³-hybridized carbons (Fsp3) is 0.462. The Labute approximate surface area is 116 Å². The third kappa shape index (κ3) is 2.57. The van der Waals surface area contributed by atoms with Gasteiger partial charge >= 0.3 is 0 Å². The number of carbonyl (C=O) groups is 1. The van der Waals surface area contributed by atoms with Gasteiger partial charge in [-0.3, -0.25) is 14.9 Å². The van der Waals surface area contributed by atoms with Gasteiger partial charge in [0.25, 0.3) is 5.91 Å². The molecule has 7 heteroatoms. The van der Waals surface area contributed by atoms with Crippen LogP contribution in [0, 0.1) is 10.1 Å². The normalized spacial score (nSPS) is 21.5. The lowest BCUT2D eigenvalue weighted by Gasteiger charge is -2.45. The summed E-state index contributed by atoms with van der Waals surface area (Å²) < 4.78 is 10.2. The van der Waals surface area contributed by atoms with Gasteiger partial charge in [-0.2, -0.15) is 0 Å². The summed E-state index contributed by atoms with van der Waals surface area (Å²) in [5.74, 6) is 0.512. The second-order valence-electron chi connectivity index (χ2n) is 4.47. The molecule has 0 saturated carbocycles. The van der Waals surface area contributed by atoms with Crippen LogP contribution in [0.4, 0.5) is 5.69 Å². The molecule has 108 valence electrons. The molecular formula is C13H16N2O5. The predicted octanol–water partition coefficient (Wildman–Crippen LogP) is 1.09. The number of carbonyl (C=O) groups excluding carboxylic acids is 1. The summed E-state index contributed by atoms with van der Waals surface area (Å²) in [6.45, 7) is -0.190. The van der Waals surface area contributed by atoms with Gasteiger partial charge in [-0.15, -0.1) is 0 Å². The van der Waals surface area contributed by atoms with Gasteiger partial charge in [-0.1, -0.05) is 0 Å². The topological polar surface area (TPSA) is 81.9 Å². The fourth-order valence-corrected chi connectivity index (χ4v) is 2.36. The van der Waals surface area contributed by atoms with Gasteiger partial charge < -0.3 is 14.4 Å². The number of hydrogen-bond acceptors (Lipinski definition) is 5. The molecule has 7 nitrogen and oxygen atoms in total. The number of hydrogen-bond donors (Lipinski definition) is 0. The van der Waals surface area contributed by atoms with Crippen LogP contribution in [-0.2, 0) is 9.53 Å². The van der Waals surface area contributed by atoms with Gasteiger partial charge in [0.15, 0.2) is 6.10 Å². The Hall–Kier alpha value is -2.15. The molecule has 1 fully saturated rings. The number of nitro groups is 1. The van der Waals surface area contributed by atoms with Crippen LogP contribution < -0.4 is 9.64 Å². The Balaban J connectivity index is 2.14. The van der Waals surface area contributed by atoms with E-state index in [1.54, 1.807) is 31.4 Å². The van der Waals surface area contributed by atoms with E-state index < -0.39 is 6.10 Å². The third-order valence-corrected chi connectivity index (χ3v) is 3.37. The Morgan fingerprint density at radius 1 is 1.30 bits per heavy atom. The van der Waals surface area contributed by atoms with Crippen molar-refractivity contribution in [1.82, 2.24) is 0 Å². The predicted molar refractivity (Wildman–Crippen MR) is 71.5 cm³/mol. The van der Waals surface area contributed by atoms with Gasteiger partial charge in [0.05, 0.1) is 13.2 Å². The Morgan fingerprint density at radius 3 is 2.45 bits per heavy atom. The van der Waals surface area contributed by atoms with Crippen LogP contribution in [-0.4, -0.2) is 43.7 Å². The highest BCUT2D eigenvalue weighted by Crippen LogP contribution is 2.32. The maximum absolute atomic E-state index is 12.0. The number of anilines is 1. The van der Waals surface area contributed by atoms with Gasteiger partial charge in [0.2, 0.25) is 6.54 Å². The van der Waals surface area contributed by atoms with Crippen molar-refractivity contribution < 1.29 is 19.2 Å². The number of methoxy groups -OCH3 is 2. The van der Waals surface area contributed by atoms with E-state index in [2.05, 4.69) is 0 Å². The summed E-state index contributed by atoms with van der Waals surface area (Å²) in [5.41, 5.74) is 0.692. The molecule has 1 aromatic carbocycles. The highest BCUT2D eigenvalue weighted by Gasteiger charge is 2.48. The third-order valence-electron chi connectivity index (χ3n) is 3.37. The van der Waals surface area contributed by atoms with Crippen molar-refractivity contribution in [2.75, 3.05) is 25.7 Å². The summed E-state index contributed by atoms with van der Waals surface area (Å²) in [6.07, 6.45) is -0.333. The molecule has 1 aliphatic heterocycles. The minimum Gasteiger partial charge on any atom is -0.497 e. The van der Waals surface area contributed by atoms with Crippen molar-refractivity contribution in [3.8, 4) is 5.75 Å². The molecule has 20 heavy (non-hydrogen) atoms. The van der Waals surface area contributed by atoms with Crippen LogP contribution in [0.1, 0.15) is 6.42 Å². The molecule has 1 aliphatic rings. The molecule has 0 radical (unpaired) electrons. The molecule has 0 aromatic heterocycles. The van der Waals surface area contributed by atoms with Crippen LogP contribution in [0.25, 0.3) is 0 Å². The maximum Gasteiger partial charge on any atom is 0.258 e. The number of amides is 1. The zero-order valence-corrected chi connectivity index (χ0v) is 11.3. The zero-order chi connectivity index (χ0) is 14.7. The molecule has 1 saturated heterocycles. The first-order chi connectivity index (χ1) is 9.58. The average molecular weight is 280 g/mol. The van der Waals surface area contributed by atoms with E-state index in [1.165, 1.54) is 12.0 Å². The monoisotopic (exact) mass is 280 g/mol. The van der Waals surface area contributed by atoms with Crippen molar-refractivity contribution >= 4 is 11.6 Å². The highest BCUT2D eigenvalue weighted by atomic mass is 16.6. The first-order valence-corrected chi connectivity index (χ1v) is 6.20. The van der Waals surface area contributed by atoms with Gasteiger partial charge in [0.1, 0.15) is 5.75 Å². The van der Waals surface area contributed by atoms with Crippen molar-refractivity contribution in [2.24, 2.45) is 0 Å². The van der Waals surface area contributed by atoms with Gasteiger partial charge in [-0.25, -0.2) is 0 Å². The zero-order valence-electron chi connectivity index (χ0n) is 11.3. The van der Waals surface area contributed by atoms with E-state index in [4.69, 9.17) is 9.47 Å². The number of benzene rings is 1. The molecule has 1 heterocycles. The summed E-state index contributed by atoms with van der Waals surface area (Å²) in [7, 11) is 3.00. The Morgan fingerprint density at radius 2 is 1.95 bits per heavy atom. The van der Waals surface area contributed by atoms with Crippen LogP contribution in [0.2, 0.25) is 0 Å². The summed E-state index contributed by atoms with van der Waals surface area (Å²) in [4.78, 5) is 23.6. The smallest absolute Gasteiger partial charge is 0.258 e. The lowest BCUT2D eigenvalue weighted by atomic mass is 9.93. The molecule has 0 spiro atoms. The van der Waals surface area contributed by atoms with Crippen molar-refractivity contribution in [2.45, 2.75) is 18.6 Å². The number of ether oxygens (including phenoxy) is 2. The minimum absolute atomic E-state index is 0.175. The lowest BCUT2D eigenvalue weighted by molar-refractivity contribution is -0.481. The summed E-state index contributed by atoms with van der Waals surface area (Å²) >= 11 is 0. The summed E-state index contributed by atoms with van der Waals surface area (Å²) in [5, 5.41) is 10.5. The van der Waals surface area contributed by atoms with E-state index in [0.717, 1.165) is 0 Å². The SMILES string of the molecule is COc1ccc(N2C(=O)[C@@H](OC)[C@H]2CC[N+](=O)[O-])cc1. The highest BCUT2D eigenvalue weighted by molar-refractivity contribution is 6.04. The number of β-lactam (4-membered cyclic amide) rings is 1. The Kier molecular flexibility index (Phi) is 4.19. The molecule has 1 amide bonds. The van der Waals surface area contributed by atoms with Gasteiger partial charge in [0, 0.05) is 24.1 Å². The largest absolute Gasteiger partial charge is 0.497 e. The van der Waals surface area contributed by atoms with E-state index >= 15 is 0 Å². The molecule has 2 atom stereocenters. The second kappa shape index (κ2) is 5.87. The van der Waals surface area contributed by atoms with Crippen LogP contribution >= 0.6 is 0 Å². The maximum atomic E-state index is 12.0. The number of nitrogens with zero attached hydrogens (tertiary/aromatic N) is 2. The molecule has 0 N–H and O–H groups in total. The second-order valence-corrected chi connectivity index (χ2v) is 4.47. The minimum atomic E-state index is -0.600. The fourth-order valence-electron chi connectivity index (χ4n) is 2.36. The quantitative estimate of drug-likeness (QED) is 0.442. The van der Waals surface area contributed by atoms with Crippen molar-refractivity contribution in [1.29, 1.82) is 0 Å². The summed E-state index contributed by atoms with van der Waals surface area (Å²) in [6, 6.07) is 6.69. The average Bonchev–Trinajstić information content (AvgIpc) is 2.44. The first kappa shape index (κ1) is 14.3. The van der Waals surface area contributed by atoms with Crippen molar-refractivity contribution in [3.63, 3.8) is 0 Å². The van der Waals surface area contributed by atoms with Gasteiger partial charge in [-0.05, 0) is 24.3 Å². The molecule has 0 unspecified atom stereocenters. The lowest BCUT2D eigenvalue weighted by Crippen LogP contribution is -2.66. The first-order valence-electron chi connectivity index (χ1n) is 6.20.